The maximum absolute atomic E-state index is 14.3. The van der Waals surface area contributed by atoms with Gasteiger partial charge in [0.1, 0.15) is 6.61 Å². The van der Waals surface area contributed by atoms with Gasteiger partial charge in [0.25, 0.3) is 0 Å². The van der Waals surface area contributed by atoms with E-state index >= 15 is 0 Å². The third kappa shape index (κ3) is 7.76. The van der Waals surface area contributed by atoms with Crippen LogP contribution < -0.4 is 0 Å². The molecular formula is C34H47NO5Si. The Labute approximate surface area is 247 Å². The first-order valence-electron chi connectivity index (χ1n) is 15.0. The molecule has 0 aromatic heterocycles. The summed E-state index contributed by atoms with van der Waals surface area (Å²) >= 11 is 0. The van der Waals surface area contributed by atoms with Crippen molar-refractivity contribution >= 4 is 20.3 Å². The van der Waals surface area contributed by atoms with Crippen LogP contribution in [0.15, 0.2) is 72.3 Å². The SMILES string of the molecule is CC(C)(C)[Si](C)(C)OCC1=C[C@H](COCc2ccccc2)[C@]2(CCCCN(C(=O)OCc3ccccc3)C2=O)CC1. The molecule has 41 heavy (non-hydrogen) atoms. The lowest BCUT2D eigenvalue weighted by Crippen LogP contribution is -2.51. The molecule has 1 fully saturated rings. The zero-order valence-electron chi connectivity index (χ0n) is 25.5. The molecule has 222 valence electrons. The minimum atomic E-state index is -1.92. The largest absolute Gasteiger partial charge is 0.444 e. The number of imide groups is 1. The van der Waals surface area contributed by atoms with E-state index in [-0.39, 0.29) is 23.5 Å². The number of amides is 2. The van der Waals surface area contributed by atoms with Crippen molar-refractivity contribution in [3.63, 3.8) is 0 Å². The second-order valence-corrected chi connectivity index (χ2v) is 17.9. The Hall–Kier alpha value is -2.74. The first kappa shape index (κ1) is 31.2. The quantitative estimate of drug-likeness (QED) is 0.224. The third-order valence-electron chi connectivity index (χ3n) is 9.22. The molecule has 2 atom stereocenters. The van der Waals surface area contributed by atoms with Crippen molar-refractivity contribution in [3.8, 4) is 0 Å². The van der Waals surface area contributed by atoms with Crippen molar-refractivity contribution in [2.24, 2.45) is 11.3 Å². The van der Waals surface area contributed by atoms with E-state index in [9.17, 15) is 9.59 Å². The number of hydrogen-bond acceptors (Lipinski definition) is 5. The van der Waals surface area contributed by atoms with Crippen LogP contribution in [0.5, 0.6) is 0 Å². The topological polar surface area (TPSA) is 65.1 Å². The van der Waals surface area contributed by atoms with E-state index in [2.05, 4.69) is 39.9 Å². The molecule has 2 aromatic carbocycles. The second kappa shape index (κ2) is 13.5. The molecule has 0 bridgehead atoms. The van der Waals surface area contributed by atoms with Gasteiger partial charge in [0.05, 0.1) is 25.2 Å². The van der Waals surface area contributed by atoms with Crippen LogP contribution in [-0.4, -0.2) is 45.0 Å². The fourth-order valence-corrected chi connectivity index (χ4v) is 6.51. The Bertz CT molecular complexity index is 1190. The van der Waals surface area contributed by atoms with Gasteiger partial charge in [-0.25, -0.2) is 9.69 Å². The van der Waals surface area contributed by atoms with Crippen LogP contribution in [0.4, 0.5) is 4.79 Å². The fourth-order valence-electron chi connectivity index (χ4n) is 5.53. The lowest BCUT2D eigenvalue weighted by Gasteiger charge is -2.43. The highest BCUT2D eigenvalue weighted by atomic mass is 28.4. The first-order valence-corrected chi connectivity index (χ1v) is 17.9. The number of likely N-dealkylation sites (tertiary alicyclic amines) is 1. The van der Waals surface area contributed by atoms with E-state index in [4.69, 9.17) is 13.9 Å². The van der Waals surface area contributed by atoms with Gasteiger partial charge in [0, 0.05) is 12.5 Å². The molecule has 1 aliphatic carbocycles. The summed E-state index contributed by atoms with van der Waals surface area (Å²) in [5, 5.41) is 0.125. The molecule has 2 amide bonds. The highest BCUT2D eigenvalue weighted by Crippen LogP contribution is 2.48. The van der Waals surface area contributed by atoms with Gasteiger partial charge < -0.3 is 13.9 Å². The normalized spacial score (nSPS) is 21.9. The molecule has 1 spiro atoms. The fraction of sp³-hybridized carbons (Fsp3) is 0.529. The zero-order chi connectivity index (χ0) is 29.5. The van der Waals surface area contributed by atoms with E-state index in [0.717, 1.165) is 36.8 Å². The summed E-state index contributed by atoms with van der Waals surface area (Å²) < 4.78 is 18.5. The van der Waals surface area contributed by atoms with E-state index < -0.39 is 19.8 Å². The molecule has 1 saturated heterocycles. The summed E-state index contributed by atoms with van der Waals surface area (Å²) in [5.74, 6) is -0.269. The van der Waals surface area contributed by atoms with E-state index in [1.165, 1.54) is 10.5 Å². The number of carbonyl (C=O) groups excluding carboxylic acids is 2. The van der Waals surface area contributed by atoms with Crippen molar-refractivity contribution in [3.05, 3.63) is 83.4 Å². The van der Waals surface area contributed by atoms with E-state index in [0.29, 0.717) is 32.8 Å². The number of nitrogens with zero attached hydrogens (tertiary/aromatic N) is 1. The maximum Gasteiger partial charge on any atom is 0.416 e. The van der Waals surface area contributed by atoms with Gasteiger partial charge in [0.15, 0.2) is 8.32 Å². The minimum Gasteiger partial charge on any atom is -0.444 e. The second-order valence-electron chi connectivity index (χ2n) is 13.1. The predicted molar refractivity (Wildman–Crippen MR) is 165 cm³/mol. The van der Waals surface area contributed by atoms with E-state index in [1.54, 1.807) is 0 Å². The zero-order valence-corrected chi connectivity index (χ0v) is 26.5. The average molecular weight is 578 g/mol. The molecule has 2 aliphatic rings. The number of rotatable bonds is 9. The van der Waals surface area contributed by atoms with Crippen molar-refractivity contribution in [2.45, 2.75) is 84.2 Å². The highest BCUT2D eigenvalue weighted by molar-refractivity contribution is 6.74. The van der Waals surface area contributed by atoms with Gasteiger partial charge in [-0.2, -0.15) is 0 Å². The minimum absolute atomic E-state index is 0.123. The molecule has 4 rings (SSSR count). The van der Waals surface area contributed by atoms with Crippen molar-refractivity contribution in [1.29, 1.82) is 0 Å². The summed E-state index contributed by atoms with van der Waals surface area (Å²) in [5.41, 5.74) is 2.53. The predicted octanol–water partition coefficient (Wildman–Crippen LogP) is 7.90. The van der Waals surface area contributed by atoms with Crippen molar-refractivity contribution in [1.82, 2.24) is 4.90 Å². The Morgan fingerprint density at radius 2 is 1.56 bits per heavy atom. The molecule has 6 nitrogen and oxygen atoms in total. The summed E-state index contributed by atoms with van der Waals surface area (Å²) in [6.45, 7) is 13.3. The molecule has 0 saturated carbocycles. The molecule has 0 N–H and O–H groups in total. The molecule has 1 heterocycles. The monoisotopic (exact) mass is 577 g/mol. The lowest BCUT2D eigenvalue weighted by molar-refractivity contribution is -0.145. The van der Waals surface area contributed by atoms with Crippen LogP contribution in [-0.2, 0) is 31.9 Å². The van der Waals surface area contributed by atoms with Crippen LogP contribution in [0, 0.1) is 11.3 Å². The average Bonchev–Trinajstić information content (AvgIpc) is 3.11. The first-order chi connectivity index (χ1) is 19.5. The van der Waals surface area contributed by atoms with Crippen LogP contribution in [0.3, 0.4) is 0 Å². The van der Waals surface area contributed by atoms with Gasteiger partial charge in [0.2, 0.25) is 5.91 Å². The summed E-state index contributed by atoms with van der Waals surface area (Å²) in [6, 6.07) is 19.7. The van der Waals surface area contributed by atoms with Crippen LogP contribution >= 0.6 is 0 Å². The van der Waals surface area contributed by atoms with Gasteiger partial charge >= 0.3 is 6.09 Å². The number of benzene rings is 2. The Morgan fingerprint density at radius 1 is 0.927 bits per heavy atom. The summed E-state index contributed by atoms with van der Waals surface area (Å²) in [4.78, 5) is 28.9. The highest BCUT2D eigenvalue weighted by Gasteiger charge is 2.51. The van der Waals surface area contributed by atoms with Gasteiger partial charge in [-0.3, -0.25) is 4.79 Å². The molecule has 1 aliphatic heterocycles. The van der Waals surface area contributed by atoms with E-state index in [1.807, 2.05) is 60.7 Å². The lowest BCUT2D eigenvalue weighted by atomic mass is 9.64. The summed E-state index contributed by atoms with van der Waals surface area (Å²) in [6.07, 6.45) is 5.53. The molecule has 7 heteroatoms. The van der Waals surface area contributed by atoms with Crippen molar-refractivity contribution in [2.75, 3.05) is 19.8 Å². The standard InChI is InChI=1S/C34H47NO5Si/c1-33(2,3)41(4,5)40-25-29-18-20-34(30(22-29)26-38-23-27-14-8-6-9-15-27)19-12-13-21-35(31(34)36)32(37)39-24-28-16-10-7-11-17-28/h6-11,14-17,22,30H,12-13,18-21,23-26H2,1-5H3/t30-,34+/m1/s1. The number of hydrogen-bond donors (Lipinski definition) is 0. The number of carbonyl (C=O) groups is 2. The molecule has 2 aromatic rings. The Kier molecular flexibility index (Phi) is 10.3. The molecule has 0 radical (unpaired) electrons. The maximum atomic E-state index is 14.3. The van der Waals surface area contributed by atoms with Crippen LogP contribution in [0.25, 0.3) is 0 Å². The smallest absolute Gasteiger partial charge is 0.416 e. The van der Waals surface area contributed by atoms with Crippen LogP contribution in [0.2, 0.25) is 18.1 Å². The van der Waals surface area contributed by atoms with Crippen molar-refractivity contribution < 1.29 is 23.5 Å². The van der Waals surface area contributed by atoms with Gasteiger partial charge in [-0.1, -0.05) is 93.9 Å². The summed E-state index contributed by atoms with van der Waals surface area (Å²) in [7, 11) is -1.92. The Balaban J connectivity index is 1.54. The van der Waals surface area contributed by atoms with Gasteiger partial charge in [-0.15, -0.1) is 0 Å². The third-order valence-corrected chi connectivity index (χ3v) is 13.7. The van der Waals surface area contributed by atoms with Crippen LogP contribution in [0.1, 0.15) is 64.0 Å². The molecule has 0 unspecified atom stereocenters. The van der Waals surface area contributed by atoms with Gasteiger partial charge in [-0.05, 0) is 60.5 Å². The Morgan fingerprint density at radius 3 is 2.20 bits per heavy atom. The molecular weight excluding hydrogens is 530 g/mol. The number of ether oxygens (including phenoxy) is 2.